The molecule has 2 aromatic rings. The Morgan fingerprint density at radius 1 is 1.10 bits per heavy atom. The molecule has 0 aromatic heterocycles. The van der Waals surface area contributed by atoms with Crippen molar-refractivity contribution in [3.8, 4) is 0 Å². The number of amides is 3. The van der Waals surface area contributed by atoms with Gasteiger partial charge < -0.3 is 15.5 Å². The molecule has 3 amide bonds. The first kappa shape index (κ1) is 22.3. The van der Waals surface area contributed by atoms with Gasteiger partial charge in [0.15, 0.2) is 0 Å². The molecule has 0 unspecified atom stereocenters. The van der Waals surface area contributed by atoms with Gasteiger partial charge in [-0.1, -0.05) is 6.07 Å². The fraction of sp³-hybridized carbons (Fsp3) is 0.286. The van der Waals surface area contributed by atoms with Gasteiger partial charge in [0, 0.05) is 29.9 Å². The van der Waals surface area contributed by atoms with Gasteiger partial charge in [-0.05, 0) is 55.3 Å². The van der Waals surface area contributed by atoms with Crippen LogP contribution >= 0.6 is 0 Å². The SMILES string of the molecule is Cc1ccc(NC(=O)CNC(=O)c2ccc(N3CCCC3=O)cc2)cc1NS(C)(=O)=O. The molecule has 0 radical (unpaired) electrons. The minimum absolute atomic E-state index is 0.0693. The number of nitrogens with zero attached hydrogens (tertiary/aromatic N) is 1. The molecule has 0 bridgehead atoms. The summed E-state index contributed by atoms with van der Waals surface area (Å²) in [5.41, 5.74) is 2.58. The van der Waals surface area contributed by atoms with Gasteiger partial charge in [0.05, 0.1) is 18.5 Å². The number of anilines is 3. The maximum Gasteiger partial charge on any atom is 0.251 e. The highest BCUT2D eigenvalue weighted by molar-refractivity contribution is 7.92. The summed E-state index contributed by atoms with van der Waals surface area (Å²) in [4.78, 5) is 38.0. The van der Waals surface area contributed by atoms with Crippen LogP contribution in [0, 0.1) is 6.92 Å². The Labute approximate surface area is 180 Å². The standard InChI is InChI=1S/C21H24N4O5S/c1-14-5-8-16(12-18(14)24-31(2,29)30)23-19(26)13-22-21(28)15-6-9-17(10-7-15)25-11-3-4-20(25)27/h5-10,12,24H,3-4,11,13H2,1-2H3,(H,22,28)(H,23,26). The largest absolute Gasteiger partial charge is 0.343 e. The summed E-state index contributed by atoms with van der Waals surface area (Å²) in [5.74, 6) is -0.806. The van der Waals surface area contributed by atoms with Crippen LogP contribution in [0.1, 0.15) is 28.8 Å². The zero-order valence-electron chi connectivity index (χ0n) is 17.3. The molecule has 31 heavy (non-hydrogen) atoms. The molecular weight excluding hydrogens is 420 g/mol. The van der Waals surface area contributed by atoms with Gasteiger partial charge in [-0.2, -0.15) is 0 Å². The van der Waals surface area contributed by atoms with E-state index in [0.717, 1.165) is 18.4 Å². The number of sulfonamides is 1. The molecule has 2 aromatic carbocycles. The van der Waals surface area contributed by atoms with Crippen LogP contribution in [0.4, 0.5) is 17.1 Å². The van der Waals surface area contributed by atoms with Gasteiger partial charge in [0.25, 0.3) is 5.91 Å². The molecule has 0 spiro atoms. The van der Waals surface area contributed by atoms with Crippen LogP contribution in [0.25, 0.3) is 0 Å². The summed E-state index contributed by atoms with van der Waals surface area (Å²) in [6.45, 7) is 2.16. The molecule has 3 rings (SSSR count). The Bertz CT molecular complexity index is 1110. The lowest BCUT2D eigenvalue weighted by Crippen LogP contribution is -2.33. The zero-order valence-corrected chi connectivity index (χ0v) is 18.1. The Morgan fingerprint density at radius 3 is 2.42 bits per heavy atom. The number of nitrogens with one attached hydrogen (secondary N) is 3. The normalized spacial score (nSPS) is 13.7. The number of rotatable bonds is 7. The topological polar surface area (TPSA) is 125 Å². The molecule has 0 aliphatic carbocycles. The third-order valence-corrected chi connectivity index (χ3v) is 5.33. The summed E-state index contributed by atoms with van der Waals surface area (Å²) in [5, 5.41) is 5.16. The van der Waals surface area contributed by atoms with Crippen LogP contribution in [-0.2, 0) is 19.6 Å². The van der Waals surface area contributed by atoms with Crippen LogP contribution in [-0.4, -0.2) is 45.5 Å². The van der Waals surface area contributed by atoms with Crippen molar-refractivity contribution in [1.82, 2.24) is 5.32 Å². The highest BCUT2D eigenvalue weighted by Crippen LogP contribution is 2.22. The number of benzene rings is 2. The van der Waals surface area contributed by atoms with E-state index in [1.165, 1.54) is 6.07 Å². The van der Waals surface area contributed by atoms with Crippen LogP contribution in [0.2, 0.25) is 0 Å². The van der Waals surface area contributed by atoms with Gasteiger partial charge in [0.1, 0.15) is 0 Å². The summed E-state index contributed by atoms with van der Waals surface area (Å²) in [6.07, 6.45) is 2.40. The highest BCUT2D eigenvalue weighted by atomic mass is 32.2. The van der Waals surface area contributed by atoms with Crippen LogP contribution in [0.15, 0.2) is 42.5 Å². The van der Waals surface area contributed by atoms with E-state index in [9.17, 15) is 22.8 Å². The number of hydrogen-bond acceptors (Lipinski definition) is 5. The van der Waals surface area contributed by atoms with Crippen molar-refractivity contribution in [2.45, 2.75) is 19.8 Å². The average Bonchev–Trinajstić information content (AvgIpc) is 3.13. The van der Waals surface area contributed by atoms with E-state index in [-0.39, 0.29) is 12.5 Å². The van der Waals surface area contributed by atoms with Crippen molar-refractivity contribution in [3.05, 3.63) is 53.6 Å². The first-order chi connectivity index (χ1) is 14.6. The monoisotopic (exact) mass is 444 g/mol. The third-order valence-electron chi connectivity index (χ3n) is 4.74. The number of aryl methyl sites for hydroxylation is 1. The molecule has 3 N–H and O–H groups in total. The lowest BCUT2D eigenvalue weighted by molar-refractivity contribution is -0.117. The van der Waals surface area contributed by atoms with Gasteiger partial charge >= 0.3 is 0 Å². The number of carbonyl (C=O) groups is 3. The van der Waals surface area contributed by atoms with Crippen molar-refractivity contribution in [2.24, 2.45) is 0 Å². The molecule has 1 fully saturated rings. The van der Waals surface area contributed by atoms with Crippen LogP contribution in [0.3, 0.4) is 0 Å². The molecule has 0 saturated carbocycles. The van der Waals surface area contributed by atoms with Crippen LogP contribution < -0.4 is 20.3 Å². The smallest absolute Gasteiger partial charge is 0.251 e. The molecular formula is C21H24N4O5S. The Hall–Kier alpha value is -3.40. The minimum Gasteiger partial charge on any atom is -0.343 e. The predicted octanol–water partition coefficient (Wildman–Crippen LogP) is 1.86. The van der Waals surface area contributed by atoms with E-state index < -0.39 is 21.8 Å². The zero-order chi connectivity index (χ0) is 22.6. The van der Waals surface area contributed by atoms with Gasteiger partial charge in [0.2, 0.25) is 21.8 Å². The molecule has 1 saturated heterocycles. The van der Waals surface area contributed by atoms with E-state index in [1.54, 1.807) is 48.2 Å². The van der Waals surface area contributed by atoms with Crippen LogP contribution in [0.5, 0.6) is 0 Å². The molecule has 10 heteroatoms. The maximum absolute atomic E-state index is 12.3. The van der Waals surface area contributed by atoms with Crippen molar-refractivity contribution in [2.75, 3.05) is 34.3 Å². The van der Waals surface area contributed by atoms with Gasteiger partial charge in [-0.3, -0.25) is 19.1 Å². The number of carbonyl (C=O) groups excluding carboxylic acids is 3. The molecule has 164 valence electrons. The predicted molar refractivity (Wildman–Crippen MR) is 119 cm³/mol. The van der Waals surface area contributed by atoms with Gasteiger partial charge in [-0.15, -0.1) is 0 Å². The summed E-state index contributed by atoms with van der Waals surface area (Å²) in [6, 6.07) is 11.5. The van der Waals surface area contributed by atoms with E-state index >= 15 is 0 Å². The second kappa shape index (κ2) is 9.17. The second-order valence-corrected chi connectivity index (χ2v) is 9.08. The maximum atomic E-state index is 12.3. The van der Waals surface area contributed by atoms with Crippen molar-refractivity contribution in [1.29, 1.82) is 0 Å². The Morgan fingerprint density at radius 2 is 1.81 bits per heavy atom. The highest BCUT2D eigenvalue weighted by Gasteiger charge is 2.21. The van der Waals surface area contributed by atoms with E-state index in [1.807, 2.05) is 0 Å². The van der Waals surface area contributed by atoms with Crippen molar-refractivity contribution < 1.29 is 22.8 Å². The van der Waals surface area contributed by atoms with Crippen molar-refractivity contribution >= 4 is 44.8 Å². The average molecular weight is 445 g/mol. The van der Waals surface area contributed by atoms with E-state index in [4.69, 9.17) is 0 Å². The lowest BCUT2D eigenvalue weighted by Gasteiger charge is -2.15. The quantitative estimate of drug-likeness (QED) is 0.601. The summed E-state index contributed by atoms with van der Waals surface area (Å²) >= 11 is 0. The van der Waals surface area contributed by atoms with E-state index in [0.29, 0.717) is 35.5 Å². The molecule has 1 aliphatic rings. The Balaban J connectivity index is 1.55. The first-order valence-corrected chi connectivity index (χ1v) is 11.6. The molecule has 0 atom stereocenters. The molecule has 1 aliphatic heterocycles. The fourth-order valence-electron chi connectivity index (χ4n) is 3.19. The first-order valence-electron chi connectivity index (χ1n) is 9.69. The second-order valence-electron chi connectivity index (χ2n) is 7.33. The molecule has 9 nitrogen and oxygen atoms in total. The molecule has 1 heterocycles. The van der Waals surface area contributed by atoms with Gasteiger partial charge in [-0.25, -0.2) is 8.42 Å². The number of hydrogen-bond donors (Lipinski definition) is 3. The lowest BCUT2D eigenvalue weighted by atomic mass is 10.2. The summed E-state index contributed by atoms with van der Waals surface area (Å²) in [7, 11) is -3.45. The fourth-order valence-corrected chi connectivity index (χ4v) is 3.81. The summed E-state index contributed by atoms with van der Waals surface area (Å²) < 4.78 is 25.3. The van der Waals surface area contributed by atoms with E-state index in [2.05, 4.69) is 15.4 Å². The minimum atomic E-state index is -3.45. The Kier molecular flexibility index (Phi) is 6.59. The third kappa shape index (κ3) is 6.05. The van der Waals surface area contributed by atoms with Crippen molar-refractivity contribution in [3.63, 3.8) is 0 Å².